The van der Waals surface area contributed by atoms with Crippen LogP contribution in [0.5, 0.6) is 0 Å². The Kier molecular flexibility index (Phi) is 3.33. The largest absolute Gasteiger partial charge is 0.349 e. The maximum absolute atomic E-state index is 12.0. The van der Waals surface area contributed by atoms with E-state index in [1.807, 2.05) is 25.1 Å². The van der Waals surface area contributed by atoms with Crippen molar-refractivity contribution in [2.75, 3.05) is 0 Å². The first-order chi connectivity index (χ1) is 7.56. The molecule has 3 heteroatoms. The van der Waals surface area contributed by atoms with E-state index in [-0.39, 0.29) is 5.91 Å². The first-order valence-electron chi connectivity index (χ1n) is 5.63. The molecule has 1 aromatic rings. The van der Waals surface area contributed by atoms with Crippen molar-refractivity contribution in [3.05, 3.63) is 33.8 Å². The van der Waals surface area contributed by atoms with Crippen LogP contribution >= 0.6 is 15.9 Å². The summed E-state index contributed by atoms with van der Waals surface area (Å²) >= 11 is 3.41. The van der Waals surface area contributed by atoms with Gasteiger partial charge in [-0.05, 0) is 53.7 Å². The van der Waals surface area contributed by atoms with Crippen LogP contribution in [-0.2, 0) is 0 Å². The number of carbonyl (C=O) groups is 1. The van der Waals surface area contributed by atoms with Gasteiger partial charge in [0.1, 0.15) is 0 Å². The highest BCUT2D eigenvalue weighted by Crippen LogP contribution is 2.27. The molecule has 0 bridgehead atoms. The minimum absolute atomic E-state index is 0.0347. The fourth-order valence-corrected chi connectivity index (χ4v) is 2.52. The SMILES string of the molecule is Cc1ccc(Br)c(C(=O)NC2CC(C)C2)c1. The lowest BCUT2D eigenvalue weighted by Gasteiger charge is -2.33. The van der Waals surface area contributed by atoms with Crippen molar-refractivity contribution in [1.29, 1.82) is 0 Å². The van der Waals surface area contributed by atoms with E-state index in [9.17, 15) is 4.79 Å². The summed E-state index contributed by atoms with van der Waals surface area (Å²) in [5.74, 6) is 0.790. The third kappa shape index (κ3) is 2.46. The van der Waals surface area contributed by atoms with Gasteiger partial charge in [0.25, 0.3) is 5.91 Å². The van der Waals surface area contributed by atoms with E-state index in [0.29, 0.717) is 6.04 Å². The predicted molar refractivity (Wildman–Crippen MR) is 68.5 cm³/mol. The molecule has 0 aromatic heterocycles. The Bertz CT molecular complexity index is 410. The average Bonchev–Trinajstić information content (AvgIpc) is 2.19. The van der Waals surface area contributed by atoms with Crippen molar-refractivity contribution in [3.63, 3.8) is 0 Å². The molecule has 2 rings (SSSR count). The molecule has 1 aliphatic carbocycles. The van der Waals surface area contributed by atoms with Crippen LogP contribution in [0.2, 0.25) is 0 Å². The number of benzene rings is 1. The Labute approximate surface area is 105 Å². The molecule has 16 heavy (non-hydrogen) atoms. The van der Waals surface area contributed by atoms with Crippen molar-refractivity contribution in [2.45, 2.75) is 32.7 Å². The number of aryl methyl sites for hydroxylation is 1. The summed E-state index contributed by atoms with van der Waals surface area (Å²) in [6, 6.07) is 6.21. The summed E-state index contributed by atoms with van der Waals surface area (Å²) < 4.78 is 0.864. The number of halogens is 1. The molecule has 1 amide bonds. The van der Waals surface area contributed by atoms with Crippen LogP contribution in [0.25, 0.3) is 0 Å². The highest BCUT2D eigenvalue weighted by atomic mass is 79.9. The van der Waals surface area contributed by atoms with Gasteiger partial charge in [0, 0.05) is 10.5 Å². The van der Waals surface area contributed by atoms with Crippen molar-refractivity contribution < 1.29 is 4.79 Å². The number of carbonyl (C=O) groups excluding carboxylic acids is 1. The molecule has 1 aromatic carbocycles. The van der Waals surface area contributed by atoms with E-state index in [4.69, 9.17) is 0 Å². The van der Waals surface area contributed by atoms with Gasteiger partial charge in [-0.2, -0.15) is 0 Å². The summed E-state index contributed by atoms with van der Waals surface area (Å²) in [5, 5.41) is 3.06. The smallest absolute Gasteiger partial charge is 0.252 e. The zero-order valence-electron chi connectivity index (χ0n) is 9.59. The van der Waals surface area contributed by atoms with Crippen LogP contribution in [0.4, 0.5) is 0 Å². The lowest BCUT2D eigenvalue weighted by molar-refractivity contribution is 0.0895. The summed E-state index contributed by atoms with van der Waals surface area (Å²) in [6.45, 7) is 4.21. The Morgan fingerprint density at radius 3 is 2.75 bits per heavy atom. The second-order valence-electron chi connectivity index (χ2n) is 4.73. The zero-order valence-corrected chi connectivity index (χ0v) is 11.2. The molecular weight excluding hydrogens is 266 g/mol. The van der Waals surface area contributed by atoms with E-state index in [1.165, 1.54) is 0 Å². The standard InChI is InChI=1S/C13H16BrNO/c1-8-3-4-12(14)11(7-8)13(16)15-10-5-9(2)6-10/h3-4,7,9-10H,5-6H2,1-2H3,(H,15,16). The molecule has 86 valence electrons. The molecular formula is C13H16BrNO. The van der Waals surface area contributed by atoms with Crippen molar-refractivity contribution in [1.82, 2.24) is 5.32 Å². The molecule has 0 saturated heterocycles. The number of amides is 1. The molecule has 1 saturated carbocycles. The van der Waals surface area contributed by atoms with Gasteiger partial charge < -0.3 is 5.32 Å². The molecule has 1 fully saturated rings. The average molecular weight is 282 g/mol. The van der Waals surface area contributed by atoms with Crippen LogP contribution in [0, 0.1) is 12.8 Å². The molecule has 2 nitrogen and oxygen atoms in total. The van der Waals surface area contributed by atoms with E-state index < -0.39 is 0 Å². The molecule has 1 aliphatic rings. The Hall–Kier alpha value is -0.830. The third-order valence-corrected chi connectivity index (χ3v) is 3.77. The molecule has 0 heterocycles. The quantitative estimate of drug-likeness (QED) is 0.886. The number of rotatable bonds is 2. The fourth-order valence-electron chi connectivity index (χ4n) is 2.10. The molecule has 1 N–H and O–H groups in total. The van der Waals surface area contributed by atoms with Crippen LogP contribution in [0.15, 0.2) is 22.7 Å². The van der Waals surface area contributed by atoms with Gasteiger partial charge in [-0.1, -0.05) is 18.6 Å². The van der Waals surface area contributed by atoms with Gasteiger partial charge in [-0.3, -0.25) is 4.79 Å². The molecule has 0 spiro atoms. The maximum Gasteiger partial charge on any atom is 0.252 e. The van der Waals surface area contributed by atoms with E-state index in [0.717, 1.165) is 34.4 Å². The van der Waals surface area contributed by atoms with Crippen LogP contribution in [0.3, 0.4) is 0 Å². The second kappa shape index (κ2) is 4.58. The Morgan fingerprint density at radius 2 is 2.12 bits per heavy atom. The zero-order chi connectivity index (χ0) is 11.7. The van der Waals surface area contributed by atoms with Gasteiger partial charge in [0.2, 0.25) is 0 Å². The summed E-state index contributed by atoms with van der Waals surface area (Å²) in [4.78, 5) is 12.0. The number of nitrogens with one attached hydrogen (secondary N) is 1. The lowest BCUT2D eigenvalue weighted by atomic mass is 9.82. The fraction of sp³-hybridized carbons (Fsp3) is 0.462. The summed E-state index contributed by atoms with van der Waals surface area (Å²) in [7, 11) is 0. The predicted octanol–water partition coefficient (Wildman–Crippen LogP) is 3.29. The highest BCUT2D eigenvalue weighted by Gasteiger charge is 2.27. The van der Waals surface area contributed by atoms with Gasteiger partial charge in [0.15, 0.2) is 0 Å². The van der Waals surface area contributed by atoms with Gasteiger partial charge in [0.05, 0.1) is 5.56 Å². The molecule has 0 aliphatic heterocycles. The minimum atomic E-state index is 0.0347. The first kappa shape index (κ1) is 11.6. The van der Waals surface area contributed by atoms with Crippen LogP contribution in [0.1, 0.15) is 35.7 Å². The van der Waals surface area contributed by atoms with Crippen LogP contribution in [-0.4, -0.2) is 11.9 Å². The minimum Gasteiger partial charge on any atom is -0.349 e. The highest BCUT2D eigenvalue weighted by molar-refractivity contribution is 9.10. The number of hydrogen-bond donors (Lipinski definition) is 1. The normalized spacial score (nSPS) is 23.7. The van der Waals surface area contributed by atoms with E-state index >= 15 is 0 Å². The molecule has 0 unspecified atom stereocenters. The Balaban J connectivity index is 2.05. The maximum atomic E-state index is 12.0. The van der Waals surface area contributed by atoms with Crippen molar-refractivity contribution in [2.24, 2.45) is 5.92 Å². The van der Waals surface area contributed by atoms with Gasteiger partial charge in [-0.25, -0.2) is 0 Å². The monoisotopic (exact) mass is 281 g/mol. The van der Waals surface area contributed by atoms with Crippen LogP contribution < -0.4 is 5.32 Å². The van der Waals surface area contributed by atoms with E-state index in [2.05, 4.69) is 28.2 Å². The topological polar surface area (TPSA) is 29.1 Å². The summed E-state index contributed by atoms with van der Waals surface area (Å²) in [5.41, 5.74) is 1.84. The lowest BCUT2D eigenvalue weighted by Crippen LogP contribution is -2.43. The molecule has 0 atom stereocenters. The van der Waals surface area contributed by atoms with Crippen molar-refractivity contribution in [3.8, 4) is 0 Å². The third-order valence-electron chi connectivity index (χ3n) is 3.08. The number of hydrogen-bond acceptors (Lipinski definition) is 1. The second-order valence-corrected chi connectivity index (χ2v) is 5.58. The first-order valence-corrected chi connectivity index (χ1v) is 6.42. The van der Waals surface area contributed by atoms with Gasteiger partial charge >= 0.3 is 0 Å². The summed E-state index contributed by atoms with van der Waals surface area (Å²) in [6.07, 6.45) is 2.21. The van der Waals surface area contributed by atoms with E-state index in [1.54, 1.807) is 0 Å². The molecule has 0 radical (unpaired) electrons. The van der Waals surface area contributed by atoms with Crippen molar-refractivity contribution >= 4 is 21.8 Å². The Morgan fingerprint density at radius 1 is 1.44 bits per heavy atom. The van der Waals surface area contributed by atoms with Gasteiger partial charge in [-0.15, -0.1) is 0 Å².